The number of benzene rings is 1. The SMILES string of the molecule is COC(=O)c1cccc2c1c(F)cn2C. The standard InChI is InChI=1S/C11H10FNO2/c1-13-6-8(12)10-7(11(14)15-2)4-3-5-9(10)13/h3-6H,1-2H3. The van der Waals surface area contributed by atoms with Crippen LogP contribution in [0.5, 0.6) is 0 Å². The predicted octanol–water partition coefficient (Wildman–Crippen LogP) is 2.10. The van der Waals surface area contributed by atoms with Gasteiger partial charge < -0.3 is 9.30 Å². The third-order valence-corrected chi connectivity index (χ3v) is 2.37. The summed E-state index contributed by atoms with van der Waals surface area (Å²) in [4.78, 5) is 11.4. The monoisotopic (exact) mass is 207 g/mol. The first-order valence-corrected chi connectivity index (χ1v) is 4.47. The van der Waals surface area contributed by atoms with Crippen LogP contribution in [-0.4, -0.2) is 17.6 Å². The number of hydrogen-bond donors (Lipinski definition) is 0. The van der Waals surface area contributed by atoms with Crippen LogP contribution < -0.4 is 0 Å². The minimum atomic E-state index is -0.522. The third-order valence-electron chi connectivity index (χ3n) is 2.37. The van der Waals surface area contributed by atoms with Gasteiger partial charge in [-0.1, -0.05) is 6.07 Å². The number of aromatic nitrogens is 1. The molecule has 0 bridgehead atoms. The number of esters is 1. The van der Waals surface area contributed by atoms with Crippen molar-refractivity contribution in [2.45, 2.75) is 0 Å². The summed E-state index contributed by atoms with van der Waals surface area (Å²) in [7, 11) is 3.01. The summed E-state index contributed by atoms with van der Waals surface area (Å²) < 4.78 is 19.8. The molecule has 15 heavy (non-hydrogen) atoms. The number of aryl methyl sites for hydroxylation is 1. The van der Waals surface area contributed by atoms with Crippen molar-refractivity contribution >= 4 is 16.9 Å². The molecule has 0 amide bonds. The number of methoxy groups -OCH3 is 1. The molecular weight excluding hydrogens is 197 g/mol. The molecule has 2 aromatic rings. The summed E-state index contributed by atoms with van der Waals surface area (Å²) in [5.41, 5.74) is 0.934. The van der Waals surface area contributed by atoms with Gasteiger partial charge >= 0.3 is 5.97 Å². The number of carbonyl (C=O) groups is 1. The topological polar surface area (TPSA) is 31.2 Å². The number of fused-ring (bicyclic) bond motifs is 1. The molecule has 0 fully saturated rings. The van der Waals surface area contributed by atoms with Crippen LogP contribution in [0.4, 0.5) is 4.39 Å². The van der Waals surface area contributed by atoms with E-state index < -0.39 is 11.8 Å². The Bertz CT molecular complexity index is 531. The third kappa shape index (κ3) is 1.38. The molecule has 0 unspecified atom stereocenters. The molecule has 0 radical (unpaired) electrons. The molecule has 0 aliphatic heterocycles. The van der Waals surface area contributed by atoms with Crippen molar-refractivity contribution in [3.05, 3.63) is 35.8 Å². The summed E-state index contributed by atoms with van der Waals surface area (Å²) >= 11 is 0. The molecule has 0 aliphatic carbocycles. The molecule has 3 nitrogen and oxygen atoms in total. The highest BCUT2D eigenvalue weighted by Crippen LogP contribution is 2.23. The highest BCUT2D eigenvalue weighted by molar-refractivity contribution is 6.04. The van der Waals surface area contributed by atoms with Crippen LogP contribution in [0.2, 0.25) is 0 Å². The fourth-order valence-electron chi connectivity index (χ4n) is 1.67. The van der Waals surface area contributed by atoms with Crippen LogP contribution in [0.1, 0.15) is 10.4 Å². The predicted molar refractivity (Wildman–Crippen MR) is 54.2 cm³/mol. The van der Waals surface area contributed by atoms with Gasteiger partial charge in [-0.15, -0.1) is 0 Å². The smallest absolute Gasteiger partial charge is 0.338 e. The first-order chi connectivity index (χ1) is 7.15. The minimum absolute atomic E-state index is 0.258. The first-order valence-electron chi connectivity index (χ1n) is 4.47. The summed E-state index contributed by atoms with van der Waals surface area (Å²) in [6.07, 6.45) is 1.34. The van der Waals surface area contributed by atoms with E-state index >= 15 is 0 Å². The normalized spacial score (nSPS) is 10.6. The van der Waals surface area contributed by atoms with Gasteiger partial charge in [0, 0.05) is 18.6 Å². The number of carbonyl (C=O) groups excluding carboxylic acids is 1. The lowest BCUT2D eigenvalue weighted by atomic mass is 10.1. The Morgan fingerprint density at radius 2 is 2.20 bits per heavy atom. The van der Waals surface area contributed by atoms with Crippen LogP contribution in [0, 0.1) is 5.82 Å². The molecule has 0 saturated carbocycles. The Balaban J connectivity index is 2.80. The molecule has 0 aliphatic rings. The van der Waals surface area contributed by atoms with Crippen LogP contribution >= 0.6 is 0 Å². The Kier molecular flexibility index (Phi) is 2.19. The number of hydrogen-bond acceptors (Lipinski definition) is 2. The van der Waals surface area contributed by atoms with E-state index in [2.05, 4.69) is 4.74 Å². The van der Waals surface area contributed by atoms with Crippen molar-refractivity contribution in [1.29, 1.82) is 0 Å². The summed E-state index contributed by atoms with van der Waals surface area (Å²) in [5.74, 6) is -0.931. The molecule has 1 heterocycles. The number of ether oxygens (including phenoxy) is 1. The second kappa shape index (κ2) is 3.38. The molecule has 1 aromatic carbocycles. The zero-order valence-corrected chi connectivity index (χ0v) is 8.45. The van der Waals surface area contributed by atoms with Gasteiger partial charge in [0.25, 0.3) is 0 Å². The average Bonchev–Trinajstić information content (AvgIpc) is 2.54. The van der Waals surface area contributed by atoms with E-state index in [4.69, 9.17) is 0 Å². The van der Waals surface area contributed by atoms with E-state index in [1.54, 1.807) is 29.8 Å². The fraction of sp³-hybridized carbons (Fsp3) is 0.182. The zero-order chi connectivity index (χ0) is 11.0. The van der Waals surface area contributed by atoms with Gasteiger partial charge in [0.05, 0.1) is 18.2 Å². The number of rotatable bonds is 1. The van der Waals surface area contributed by atoms with Gasteiger partial charge in [0.2, 0.25) is 0 Å². The highest BCUT2D eigenvalue weighted by atomic mass is 19.1. The molecule has 0 atom stereocenters. The molecule has 0 spiro atoms. The van der Waals surface area contributed by atoms with Gasteiger partial charge in [0.15, 0.2) is 0 Å². The highest BCUT2D eigenvalue weighted by Gasteiger charge is 2.15. The van der Waals surface area contributed by atoms with E-state index in [-0.39, 0.29) is 5.56 Å². The van der Waals surface area contributed by atoms with Crippen molar-refractivity contribution in [3.8, 4) is 0 Å². The van der Waals surface area contributed by atoms with Crippen LogP contribution in [0.15, 0.2) is 24.4 Å². The van der Waals surface area contributed by atoms with Gasteiger partial charge in [-0.2, -0.15) is 0 Å². The lowest BCUT2D eigenvalue weighted by Crippen LogP contribution is -2.02. The van der Waals surface area contributed by atoms with Crippen LogP contribution in [0.3, 0.4) is 0 Å². The van der Waals surface area contributed by atoms with Gasteiger partial charge in [0.1, 0.15) is 5.82 Å². The maximum atomic E-state index is 13.5. The Labute approximate surface area is 86.1 Å². The van der Waals surface area contributed by atoms with E-state index in [0.717, 1.165) is 0 Å². The largest absolute Gasteiger partial charge is 0.465 e. The fourth-order valence-corrected chi connectivity index (χ4v) is 1.67. The van der Waals surface area contributed by atoms with Crippen molar-refractivity contribution in [2.24, 2.45) is 7.05 Å². The molecule has 2 rings (SSSR count). The minimum Gasteiger partial charge on any atom is -0.465 e. The van der Waals surface area contributed by atoms with E-state index in [1.807, 2.05) is 0 Å². The van der Waals surface area contributed by atoms with Crippen molar-refractivity contribution in [2.75, 3.05) is 7.11 Å². The van der Waals surface area contributed by atoms with Gasteiger partial charge in [-0.3, -0.25) is 0 Å². The van der Waals surface area contributed by atoms with Crippen LogP contribution in [0.25, 0.3) is 10.9 Å². The van der Waals surface area contributed by atoms with E-state index in [1.165, 1.54) is 13.3 Å². The molecule has 78 valence electrons. The lowest BCUT2D eigenvalue weighted by molar-refractivity contribution is 0.0602. The Morgan fingerprint density at radius 1 is 1.47 bits per heavy atom. The second-order valence-electron chi connectivity index (χ2n) is 3.28. The second-order valence-corrected chi connectivity index (χ2v) is 3.28. The van der Waals surface area contributed by atoms with Crippen molar-refractivity contribution in [1.82, 2.24) is 4.57 Å². The summed E-state index contributed by atoms with van der Waals surface area (Å²) in [6, 6.07) is 5.01. The summed E-state index contributed by atoms with van der Waals surface area (Å²) in [6.45, 7) is 0. The molecule has 0 saturated heterocycles. The van der Waals surface area contributed by atoms with E-state index in [9.17, 15) is 9.18 Å². The maximum absolute atomic E-state index is 13.5. The first kappa shape index (κ1) is 9.71. The molecule has 1 aromatic heterocycles. The number of nitrogens with zero attached hydrogens (tertiary/aromatic N) is 1. The average molecular weight is 207 g/mol. The van der Waals surface area contributed by atoms with Gasteiger partial charge in [-0.05, 0) is 12.1 Å². The molecule has 4 heteroatoms. The number of halogens is 1. The Morgan fingerprint density at radius 3 is 2.87 bits per heavy atom. The quantitative estimate of drug-likeness (QED) is 0.670. The van der Waals surface area contributed by atoms with Crippen LogP contribution in [-0.2, 0) is 11.8 Å². The maximum Gasteiger partial charge on any atom is 0.338 e. The molecule has 0 N–H and O–H groups in total. The van der Waals surface area contributed by atoms with Gasteiger partial charge in [-0.25, -0.2) is 9.18 Å². The molecular formula is C11H10FNO2. The Hall–Kier alpha value is -1.84. The summed E-state index contributed by atoms with van der Waals surface area (Å²) in [5, 5.41) is 0.312. The van der Waals surface area contributed by atoms with Crippen molar-refractivity contribution < 1.29 is 13.9 Å². The lowest BCUT2D eigenvalue weighted by Gasteiger charge is -2.01. The van der Waals surface area contributed by atoms with Crippen molar-refractivity contribution in [3.63, 3.8) is 0 Å². The zero-order valence-electron chi connectivity index (χ0n) is 8.45. The van der Waals surface area contributed by atoms with E-state index in [0.29, 0.717) is 10.9 Å².